The number of aromatic nitrogens is 1. The number of carbonyl (C=O) groups excluding carboxylic acids is 2. The van der Waals surface area contributed by atoms with E-state index < -0.39 is 17.7 Å². The summed E-state index contributed by atoms with van der Waals surface area (Å²) in [6, 6.07) is 19.5. The number of benzene rings is 3. The molecule has 1 amide bonds. The van der Waals surface area contributed by atoms with Crippen LogP contribution < -0.4 is 9.47 Å². The number of aliphatic hydroxyl groups is 1. The third-order valence-corrected chi connectivity index (χ3v) is 6.89. The molecule has 3 aromatic carbocycles. The summed E-state index contributed by atoms with van der Waals surface area (Å²) in [5.41, 5.74) is 4.28. The fraction of sp³-hybridized carbons (Fsp3) is 0.200. The van der Waals surface area contributed by atoms with Crippen LogP contribution in [0, 0.1) is 6.92 Å². The monoisotopic (exact) mass is 496 g/mol. The number of nitrogens with zero attached hydrogens (tertiary/aromatic N) is 1. The van der Waals surface area contributed by atoms with Gasteiger partial charge in [-0.05, 0) is 54.8 Å². The predicted octanol–water partition coefficient (Wildman–Crippen LogP) is 5.16. The van der Waals surface area contributed by atoms with E-state index in [1.807, 2.05) is 55.6 Å². The standard InChI is InChI=1S/C30H28N2O5/c1-18-4-6-20(7-5-18)28(33)26-27(19-8-10-22(36-2)11-9-19)32(30(35)29(26)34)15-14-21-17-31-25-13-12-23(37-3)16-24(21)25/h4-13,16-17,27,31,33H,14-15H2,1-3H3/b28-26-. The summed E-state index contributed by atoms with van der Waals surface area (Å²) >= 11 is 0. The van der Waals surface area contributed by atoms with Crippen LogP contribution in [0.5, 0.6) is 11.5 Å². The number of ketones is 1. The summed E-state index contributed by atoms with van der Waals surface area (Å²) in [7, 11) is 3.20. The van der Waals surface area contributed by atoms with Gasteiger partial charge >= 0.3 is 0 Å². The van der Waals surface area contributed by atoms with E-state index in [0.29, 0.717) is 23.3 Å². The Labute approximate surface area is 214 Å². The Hall–Kier alpha value is -4.52. The molecule has 188 valence electrons. The number of aryl methyl sites for hydroxylation is 1. The average molecular weight is 497 g/mol. The van der Waals surface area contributed by atoms with Gasteiger partial charge in [-0.2, -0.15) is 0 Å². The van der Waals surface area contributed by atoms with Crippen molar-refractivity contribution in [3.63, 3.8) is 0 Å². The van der Waals surface area contributed by atoms with Gasteiger partial charge in [-0.3, -0.25) is 9.59 Å². The maximum absolute atomic E-state index is 13.3. The van der Waals surface area contributed by atoms with Crippen LogP contribution in [0.2, 0.25) is 0 Å². The Balaban J connectivity index is 1.55. The van der Waals surface area contributed by atoms with Crippen molar-refractivity contribution >= 4 is 28.4 Å². The fourth-order valence-electron chi connectivity index (χ4n) is 4.84. The van der Waals surface area contributed by atoms with Gasteiger partial charge in [-0.1, -0.05) is 42.0 Å². The van der Waals surface area contributed by atoms with E-state index >= 15 is 0 Å². The number of hydrogen-bond acceptors (Lipinski definition) is 5. The summed E-state index contributed by atoms with van der Waals surface area (Å²) in [6.45, 7) is 2.23. The van der Waals surface area contributed by atoms with Crippen LogP contribution in [0.25, 0.3) is 16.7 Å². The Morgan fingerprint density at radius 2 is 1.62 bits per heavy atom. The topological polar surface area (TPSA) is 91.9 Å². The van der Waals surface area contributed by atoms with Crippen LogP contribution in [0.1, 0.15) is 28.3 Å². The number of ether oxygens (including phenoxy) is 2. The summed E-state index contributed by atoms with van der Waals surface area (Å²) < 4.78 is 10.7. The van der Waals surface area contributed by atoms with Crippen LogP contribution in [-0.4, -0.2) is 47.4 Å². The van der Waals surface area contributed by atoms with Crippen LogP contribution in [-0.2, 0) is 16.0 Å². The average Bonchev–Trinajstić information content (AvgIpc) is 3.44. The molecule has 1 saturated heterocycles. The number of Topliss-reactive ketones (excluding diaryl/α,β-unsaturated/α-hetero) is 1. The second-order valence-corrected chi connectivity index (χ2v) is 9.11. The lowest BCUT2D eigenvalue weighted by molar-refractivity contribution is -0.139. The van der Waals surface area contributed by atoms with Gasteiger partial charge in [0.05, 0.1) is 25.8 Å². The first-order chi connectivity index (χ1) is 17.9. The Morgan fingerprint density at radius 1 is 0.946 bits per heavy atom. The number of nitrogens with one attached hydrogen (secondary N) is 1. The largest absolute Gasteiger partial charge is 0.507 e. The number of carbonyl (C=O) groups is 2. The second-order valence-electron chi connectivity index (χ2n) is 9.11. The Bertz CT molecular complexity index is 1500. The first-order valence-corrected chi connectivity index (χ1v) is 12.0. The van der Waals surface area contributed by atoms with Crippen molar-refractivity contribution in [1.29, 1.82) is 0 Å². The zero-order valence-electron chi connectivity index (χ0n) is 20.9. The molecule has 1 unspecified atom stereocenters. The fourth-order valence-corrected chi connectivity index (χ4v) is 4.84. The van der Waals surface area contributed by atoms with Crippen LogP contribution in [0.3, 0.4) is 0 Å². The smallest absolute Gasteiger partial charge is 0.295 e. The van der Waals surface area contributed by atoms with Crippen LogP contribution >= 0.6 is 0 Å². The molecule has 2 heterocycles. The molecule has 1 fully saturated rings. The maximum Gasteiger partial charge on any atom is 0.295 e. The highest BCUT2D eigenvalue weighted by atomic mass is 16.5. The molecule has 0 spiro atoms. The number of fused-ring (bicyclic) bond motifs is 1. The lowest BCUT2D eigenvalue weighted by atomic mass is 9.95. The Kier molecular flexibility index (Phi) is 6.44. The number of methoxy groups -OCH3 is 2. The summed E-state index contributed by atoms with van der Waals surface area (Å²) in [5.74, 6) is -0.109. The Morgan fingerprint density at radius 3 is 2.30 bits per heavy atom. The van der Waals surface area contributed by atoms with E-state index in [-0.39, 0.29) is 17.9 Å². The van der Waals surface area contributed by atoms with Gasteiger partial charge in [0.25, 0.3) is 11.7 Å². The van der Waals surface area contributed by atoms with Gasteiger partial charge in [0.15, 0.2) is 0 Å². The molecule has 0 bridgehead atoms. The molecule has 0 aliphatic carbocycles. The second kappa shape index (κ2) is 9.85. The summed E-state index contributed by atoms with van der Waals surface area (Å²) in [4.78, 5) is 31.4. The molecule has 5 rings (SSSR count). The van der Waals surface area contributed by atoms with Crippen molar-refractivity contribution in [2.45, 2.75) is 19.4 Å². The SMILES string of the molecule is COc1ccc(C2/C(=C(/O)c3ccc(C)cc3)C(=O)C(=O)N2CCc2c[nH]c3ccc(OC)cc23)cc1. The molecule has 2 N–H and O–H groups in total. The molecule has 1 aliphatic rings. The highest BCUT2D eigenvalue weighted by molar-refractivity contribution is 6.46. The number of rotatable bonds is 7. The molecule has 1 aromatic heterocycles. The summed E-state index contributed by atoms with van der Waals surface area (Å²) in [5, 5.41) is 12.2. The van der Waals surface area contributed by atoms with E-state index in [1.165, 1.54) is 0 Å². The molecule has 7 heteroatoms. The quantitative estimate of drug-likeness (QED) is 0.210. The number of hydrogen-bond donors (Lipinski definition) is 2. The molecular weight excluding hydrogens is 468 g/mol. The number of amides is 1. The number of aromatic amines is 1. The molecule has 1 aliphatic heterocycles. The predicted molar refractivity (Wildman–Crippen MR) is 142 cm³/mol. The third kappa shape index (κ3) is 4.44. The van der Waals surface area contributed by atoms with Crippen molar-refractivity contribution in [3.8, 4) is 11.5 Å². The van der Waals surface area contributed by atoms with Gasteiger partial charge in [-0.25, -0.2) is 0 Å². The van der Waals surface area contributed by atoms with E-state index in [4.69, 9.17) is 9.47 Å². The number of likely N-dealkylation sites (tertiary alicyclic amines) is 1. The zero-order chi connectivity index (χ0) is 26.1. The minimum absolute atomic E-state index is 0.0830. The van der Waals surface area contributed by atoms with Crippen molar-refractivity contribution < 1.29 is 24.2 Å². The molecule has 1 atom stereocenters. The molecule has 4 aromatic rings. The van der Waals surface area contributed by atoms with Crippen molar-refractivity contribution in [3.05, 3.63) is 101 Å². The van der Waals surface area contributed by atoms with Crippen molar-refractivity contribution in [1.82, 2.24) is 9.88 Å². The first-order valence-electron chi connectivity index (χ1n) is 12.0. The zero-order valence-corrected chi connectivity index (χ0v) is 20.9. The number of H-pyrrole nitrogens is 1. The summed E-state index contributed by atoms with van der Waals surface area (Å²) in [6.07, 6.45) is 2.42. The maximum atomic E-state index is 13.3. The van der Waals surface area contributed by atoms with Gasteiger partial charge in [0.2, 0.25) is 0 Å². The minimum Gasteiger partial charge on any atom is -0.507 e. The normalized spacial score (nSPS) is 16.9. The minimum atomic E-state index is -0.730. The first kappa shape index (κ1) is 24.2. The molecular formula is C30H28N2O5. The number of aliphatic hydroxyl groups excluding tert-OH is 1. The van der Waals surface area contributed by atoms with Crippen molar-refractivity contribution in [2.24, 2.45) is 0 Å². The van der Waals surface area contributed by atoms with Gasteiger partial charge < -0.3 is 24.5 Å². The van der Waals surface area contributed by atoms with Crippen LogP contribution in [0.4, 0.5) is 0 Å². The molecule has 37 heavy (non-hydrogen) atoms. The van der Waals surface area contributed by atoms with E-state index in [0.717, 1.165) is 27.8 Å². The molecule has 0 saturated carbocycles. The molecule has 7 nitrogen and oxygen atoms in total. The van der Waals surface area contributed by atoms with Gasteiger partial charge in [-0.15, -0.1) is 0 Å². The van der Waals surface area contributed by atoms with Crippen molar-refractivity contribution in [2.75, 3.05) is 20.8 Å². The molecule has 0 radical (unpaired) electrons. The lowest BCUT2D eigenvalue weighted by Gasteiger charge is -2.25. The van der Waals surface area contributed by atoms with E-state index in [2.05, 4.69) is 4.98 Å². The van der Waals surface area contributed by atoms with Gasteiger partial charge in [0, 0.05) is 29.2 Å². The van der Waals surface area contributed by atoms with Gasteiger partial charge in [0.1, 0.15) is 17.3 Å². The van der Waals surface area contributed by atoms with E-state index in [9.17, 15) is 14.7 Å². The third-order valence-electron chi connectivity index (χ3n) is 6.89. The lowest BCUT2D eigenvalue weighted by Crippen LogP contribution is -2.31. The van der Waals surface area contributed by atoms with Crippen LogP contribution in [0.15, 0.2) is 78.5 Å². The highest BCUT2D eigenvalue weighted by Crippen LogP contribution is 2.40. The highest BCUT2D eigenvalue weighted by Gasteiger charge is 2.45. The van der Waals surface area contributed by atoms with E-state index in [1.54, 1.807) is 43.4 Å².